The zero-order valence-corrected chi connectivity index (χ0v) is 37.2. The molecule has 1 N–H and O–H groups in total. The molecule has 0 radical (unpaired) electrons. The number of hydrogen-bond acceptors (Lipinski definition) is 3. The Hall–Kier alpha value is -6.35. The van der Waals surface area contributed by atoms with Gasteiger partial charge in [0.25, 0.3) is 0 Å². The molecule has 304 valence electrons. The van der Waals surface area contributed by atoms with Crippen LogP contribution < -0.4 is 0 Å². The van der Waals surface area contributed by atoms with Crippen molar-refractivity contribution < 1.29 is 33.0 Å². The van der Waals surface area contributed by atoms with E-state index in [-0.39, 0.29) is 55.3 Å². The Morgan fingerprint density at radius 2 is 1.23 bits per heavy atom. The van der Waals surface area contributed by atoms with Gasteiger partial charge in [-0.05, 0) is 74.5 Å². The van der Waals surface area contributed by atoms with Gasteiger partial charge in [-0.1, -0.05) is 180 Å². The van der Waals surface area contributed by atoms with Crippen LogP contribution in [-0.4, -0.2) is 19.6 Å². The number of pyridine rings is 1. The van der Waals surface area contributed by atoms with Crippen LogP contribution >= 0.6 is 0 Å². The van der Waals surface area contributed by atoms with Crippen molar-refractivity contribution in [1.29, 1.82) is 0 Å². The van der Waals surface area contributed by atoms with Gasteiger partial charge in [0.2, 0.25) is 0 Å². The second-order valence-electron chi connectivity index (χ2n) is 17.2. The Morgan fingerprint density at radius 1 is 0.574 bits per heavy atom. The predicted octanol–water partition coefficient (Wildman–Crippen LogP) is 14.5. The number of aromatic hydroxyl groups is 1. The SMILES string of the molecule is [2H]c1c([2H])c([2H])c(-c2ccnc(-c3[c-]c(-c4cccc5c4nc(-c4cccc(C(C)(C)C)c4O)n5-c4ccc(-c5ccccc5)cc4-c4ccccc4)cc(C(C)(C)C)c3)c2)c([2H])c1[2H].[Pt]. The van der Waals surface area contributed by atoms with Crippen molar-refractivity contribution in [2.24, 2.45) is 0 Å². The Labute approximate surface area is 380 Å². The summed E-state index contributed by atoms with van der Waals surface area (Å²) in [6, 6.07) is 48.7. The van der Waals surface area contributed by atoms with Crippen molar-refractivity contribution in [3.63, 3.8) is 0 Å². The number of nitrogens with zero attached hydrogens (tertiary/aromatic N) is 3. The van der Waals surface area contributed by atoms with E-state index in [4.69, 9.17) is 16.8 Å². The van der Waals surface area contributed by atoms with Gasteiger partial charge in [-0.2, -0.15) is 0 Å². The first kappa shape index (κ1) is 35.4. The fourth-order valence-electron chi connectivity index (χ4n) is 7.87. The third-order valence-corrected chi connectivity index (χ3v) is 11.0. The summed E-state index contributed by atoms with van der Waals surface area (Å²) in [6.07, 6.45) is 1.60. The van der Waals surface area contributed by atoms with Gasteiger partial charge in [0.1, 0.15) is 11.6 Å². The zero-order chi connectivity index (χ0) is 45.9. The van der Waals surface area contributed by atoms with Gasteiger partial charge in [0, 0.05) is 38.5 Å². The van der Waals surface area contributed by atoms with E-state index in [1.165, 1.54) is 0 Å². The van der Waals surface area contributed by atoms with Crippen LogP contribution in [0.4, 0.5) is 0 Å². The second kappa shape index (κ2) is 16.6. The first-order valence-electron chi connectivity index (χ1n) is 22.7. The molecule has 5 heteroatoms. The van der Waals surface area contributed by atoms with E-state index in [0.717, 1.165) is 55.7 Å². The molecular weight excluding hydrogens is 926 g/mol. The monoisotopic (exact) mass is 978 g/mol. The minimum Gasteiger partial charge on any atom is -0.507 e. The molecule has 61 heavy (non-hydrogen) atoms. The molecule has 4 nitrogen and oxygen atoms in total. The van der Waals surface area contributed by atoms with Gasteiger partial charge in [0.15, 0.2) is 0 Å². The summed E-state index contributed by atoms with van der Waals surface area (Å²) >= 11 is 0. The number of benzene rings is 7. The molecule has 0 amide bonds. The van der Waals surface area contributed by atoms with Crippen molar-refractivity contribution in [2.45, 2.75) is 52.4 Å². The average molecular weight is 979 g/mol. The van der Waals surface area contributed by atoms with Gasteiger partial charge < -0.3 is 5.11 Å². The molecule has 0 saturated heterocycles. The van der Waals surface area contributed by atoms with Gasteiger partial charge in [-0.3, -0.25) is 9.55 Å². The van der Waals surface area contributed by atoms with Crippen molar-refractivity contribution in [1.82, 2.24) is 14.5 Å². The fraction of sp³-hybridized carbons (Fsp3) is 0.143. The van der Waals surface area contributed by atoms with Crippen molar-refractivity contribution in [3.8, 4) is 78.6 Å². The molecule has 0 fully saturated rings. The van der Waals surface area contributed by atoms with Crippen LogP contribution in [0.3, 0.4) is 0 Å². The van der Waals surface area contributed by atoms with Gasteiger partial charge in [-0.25, -0.2) is 4.98 Å². The van der Waals surface area contributed by atoms with Crippen LogP contribution in [0.25, 0.3) is 83.9 Å². The van der Waals surface area contributed by atoms with Gasteiger partial charge in [-0.15, -0.1) is 29.3 Å². The number of imidazole rings is 1. The van der Waals surface area contributed by atoms with Crippen LogP contribution in [0.15, 0.2) is 176 Å². The zero-order valence-electron chi connectivity index (χ0n) is 40.0. The molecule has 2 heterocycles. The summed E-state index contributed by atoms with van der Waals surface area (Å²) in [5.74, 6) is 0.759. The number of aromatic nitrogens is 3. The van der Waals surface area contributed by atoms with Gasteiger partial charge in [0.05, 0.1) is 29.1 Å². The molecule has 7 aromatic carbocycles. The van der Waals surface area contributed by atoms with Crippen LogP contribution in [-0.2, 0) is 31.9 Å². The number of phenols is 1. The molecule has 0 unspecified atom stereocenters. The maximum absolute atomic E-state index is 12.2. The van der Waals surface area contributed by atoms with Crippen LogP contribution in [0.5, 0.6) is 5.75 Å². The number of phenolic OH excluding ortho intramolecular Hbond substituents is 1. The summed E-state index contributed by atoms with van der Waals surface area (Å²) < 4.78 is 44.3. The van der Waals surface area contributed by atoms with E-state index < -0.39 is 18.1 Å². The van der Waals surface area contributed by atoms with Gasteiger partial charge >= 0.3 is 0 Å². The summed E-state index contributed by atoms with van der Waals surface area (Å²) in [4.78, 5) is 10.2. The number of fused-ring (bicyclic) bond motifs is 1. The molecule has 0 saturated carbocycles. The minimum absolute atomic E-state index is 0. The summed E-state index contributed by atoms with van der Waals surface area (Å²) in [6.45, 7) is 12.7. The smallest absolute Gasteiger partial charge is 0.148 e. The molecule has 0 aliphatic heterocycles. The largest absolute Gasteiger partial charge is 0.507 e. The maximum Gasteiger partial charge on any atom is 0.148 e. The van der Waals surface area contributed by atoms with E-state index in [9.17, 15) is 5.11 Å². The quantitative estimate of drug-likeness (QED) is 0.162. The molecule has 9 aromatic rings. The Kier molecular flexibility index (Phi) is 9.64. The van der Waals surface area contributed by atoms with E-state index in [1.54, 1.807) is 18.3 Å². The molecule has 0 spiro atoms. The number of rotatable bonds is 7. The molecule has 2 aromatic heterocycles. The maximum atomic E-state index is 12.2. The first-order chi connectivity index (χ1) is 31.0. The van der Waals surface area contributed by atoms with E-state index in [1.807, 2.05) is 66.7 Å². The molecule has 0 aliphatic carbocycles. The Bertz CT molecular complexity index is 3270. The first-order valence-corrected chi connectivity index (χ1v) is 20.2. The van der Waals surface area contributed by atoms with E-state index in [2.05, 4.69) is 113 Å². The summed E-state index contributed by atoms with van der Waals surface area (Å²) in [7, 11) is 0. The number of hydrogen-bond donors (Lipinski definition) is 1. The van der Waals surface area contributed by atoms with Crippen molar-refractivity contribution in [2.75, 3.05) is 0 Å². The van der Waals surface area contributed by atoms with Crippen LogP contribution in [0.1, 0.15) is 59.5 Å². The standard InChI is InChI=1S/C56H48N3O.Pt/c1-55(2,3)44-33-42(32-43(34-44)49-36-41(30-31-57-49)38-20-12-8-13-21-38)45-24-17-27-51-52(45)58-54(46-25-16-26-48(53(46)60)56(4,5)6)59(51)50-29-28-40(37-18-10-7-11-19-37)35-47(50)39-22-14-9-15-23-39;/h7-31,33-36,60H,1-6H3;/q-1;/i8D,12D,13D,20D,21D;. The third-order valence-electron chi connectivity index (χ3n) is 11.0. The Morgan fingerprint density at radius 3 is 1.93 bits per heavy atom. The second-order valence-corrected chi connectivity index (χ2v) is 17.2. The topological polar surface area (TPSA) is 50.9 Å². The predicted molar refractivity (Wildman–Crippen MR) is 249 cm³/mol. The third kappa shape index (κ3) is 8.13. The Balaban J connectivity index is 0.00000592. The van der Waals surface area contributed by atoms with Crippen molar-refractivity contribution >= 4 is 11.0 Å². The summed E-state index contributed by atoms with van der Waals surface area (Å²) in [5, 5.41) is 12.2. The van der Waals surface area contributed by atoms with Crippen LogP contribution in [0, 0.1) is 6.07 Å². The molecule has 9 rings (SSSR count). The van der Waals surface area contributed by atoms with E-state index >= 15 is 0 Å². The molecular formula is C56H48N3OPt-. The molecule has 0 aliphatic rings. The van der Waals surface area contributed by atoms with E-state index in [0.29, 0.717) is 33.7 Å². The fourth-order valence-corrected chi connectivity index (χ4v) is 7.87. The minimum atomic E-state index is -0.439. The summed E-state index contributed by atoms with van der Waals surface area (Å²) in [5.41, 5.74) is 11.8. The number of para-hydroxylation sites is 2. The average Bonchev–Trinajstić information content (AvgIpc) is 3.69. The van der Waals surface area contributed by atoms with Crippen molar-refractivity contribution in [3.05, 3.63) is 193 Å². The molecule has 0 bridgehead atoms. The molecule has 0 atom stereocenters. The normalized spacial score (nSPS) is 12.9. The van der Waals surface area contributed by atoms with Crippen LogP contribution in [0.2, 0.25) is 0 Å².